The van der Waals surface area contributed by atoms with E-state index in [9.17, 15) is 4.79 Å². The average molecular weight is 237 g/mol. The molecule has 0 aliphatic rings. The summed E-state index contributed by atoms with van der Waals surface area (Å²) in [5.74, 6) is -0.230. The molecule has 0 aliphatic heterocycles. The number of aryl methyl sites for hydroxylation is 1. The minimum Gasteiger partial charge on any atom is -0.481 e. The molecule has 82 valence electrons. The molecule has 0 unspecified atom stereocenters. The fourth-order valence-electron chi connectivity index (χ4n) is 1.12. The summed E-state index contributed by atoms with van der Waals surface area (Å²) in [4.78, 5) is 19.4. The van der Waals surface area contributed by atoms with Crippen LogP contribution in [0, 0.1) is 0 Å². The number of aliphatic carboxylic acids is 1. The summed E-state index contributed by atoms with van der Waals surface area (Å²) >= 11 is 1.25. The molecule has 7 heteroatoms. The van der Waals surface area contributed by atoms with E-state index in [4.69, 9.17) is 5.11 Å². The number of carboxylic acid groups (broad SMARTS) is 1. The third kappa shape index (κ3) is 2.57. The lowest BCUT2D eigenvalue weighted by Crippen LogP contribution is -2.35. The molecule has 6 nitrogen and oxygen atoms in total. The van der Waals surface area contributed by atoms with Crippen LogP contribution in [0.3, 0.4) is 0 Å². The van der Waals surface area contributed by atoms with Crippen LogP contribution in [0.4, 0.5) is 0 Å². The van der Waals surface area contributed by atoms with Gasteiger partial charge < -0.3 is 5.11 Å². The van der Waals surface area contributed by atoms with Crippen LogP contribution in [0.2, 0.25) is 0 Å². The molecule has 0 bridgehead atoms. The van der Waals surface area contributed by atoms with Gasteiger partial charge in [-0.1, -0.05) is 4.68 Å². The van der Waals surface area contributed by atoms with Crippen molar-refractivity contribution in [3.05, 3.63) is 24.7 Å². The van der Waals surface area contributed by atoms with Gasteiger partial charge in [0, 0.05) is 23.9 Å². The summed E-state index contributed by atoms with van der Waals surface area (Å²) in [6.07, 6.45) is 5.12. The van der Waals surface area contributed by atoms with Gasteiger partial charge in [0.2, 0.25) is 6.20 Å². The van der Waals surface area contributed by atoms with E-state index in [-0.39, 0.29) is 6.42 Å². The number of nitrogens with zero attached hydrogens (tertiary/aromatic N) is 4. The van der Waals surface area contributed by atoms with E-state index in [2.05, 4.69) is 14.5 Å². The van der Waals surface area contributed by atoms with E-state index in [1.54, 1.807) is 29.3 Å². The largest absolute Gasteiger partial charge is 0.481 e. The molecule has 1 N–H and O–H groups in total. The minimum atomic E-state index is -0.835. The molecule has 0 aliphatic carbocycles. The van der Waals surface area contributed by atoms with Gasteiger partial charge in [-0.3, -0.25) is 4.79 Å². The van der Waals surface area contributed by atoms with Crippen LogP contribution in [-0.4, -0.2) is 25.5 Å². The van der Waals surface area contributed by atoms with Crippen LogP contribution in [0.25, 0.3) is 10.7 Å². The number of rotatable bonds is 4. The Bertz CT molecular complexity index is 485. The lowest BCUT2D eigenvalue weighted by atomic mass is 10.4. The number of carboxylic acids is 1. The molecule has 2 aromatic heterocycles. The van der Waals surface area contributed by atoms with Crippen LogP contribution in [0.5, 0.6) is 0 Å². The zero-order valence-electron chi connectivity index (χ0n) is 8.28. The average Bonchev–Trinajstić information content (AvgIpc) is 2.76. The monoisotopic (exact) mass is 237 g/mol. The first-order chi connectivity index (χ1) is 7.75. The molecule has 0 saturated heterocycles. The molecular formula is C9H9N4O2S+. The Morgan fingerprint density at radius 3 is 2.88 bits per heavy atom. The van der Waals surface area contributed by atoms with Crippen molar-refractivity contribution in [2.45, 2.75) is 13.0 Å². The molecule has 0 aromatic carbocycles. The maximum Gasteiger partial charge on any atom is 0.309 e. The highest BCUT2D eigenvalue weighted by atomic mass is 32.1. The van der Waals surface area contributed by atoms with Gasteiger partial charge in [0.05, 0.1) is 4.49 Å². The zero-order chi connectivity index (χ0) is 11.4. The highest BCUT2D eigenvalue weighted by molar-refractivity contribution is 7.08. The summed E-state index contributed by atoms with van der Waals surface area (Å²) in [6, 6.07) is 1.74. The lowest BCUT2D eigenvalue weighted by molar-refractivity contribution is -0.745. The topological polar surface area (TPSA) is 79.9 Å². The van der Waals surface area contributed by atoms with E-state index in [1.807, 2.05) is 0 Å². The van der Waals surface area contributed by atoms with Crippen molar-refractivity contribution in [3.8, 4) is 10.7 Å². The second kappa shape index (κ2) is 4.75. The van der Waals surface area contributed by atoms with Gasteiger partial charge >= 0.3 is 5.97 Å². The van der Waals surface area contributed by atoms with Crippen LogP contribution in [0.1, 0.15) is 6.42 Å². The van der Waals surface area contributed by atoms with Crippen molar-refractivity contribution in [2.24, 2.45) is 0 Å². The number of aromatic nitrogens is 4. The van der Waals surface area contributed by atoms with Gasteiger partial charge in [-0.25, -0.2) is 9.97 Å². The van der Waals surface area contributed by atoms with Crippen molar-refractivity contribution >= 4 is 17.5 Å². The van der Waals surface area contributed by atoms with E-state index in [1.165, 1.54) is 11.5 Å². The zero-order valence-corrected chi connectivity index (χ0v) is 9.09. The summed E-state index contributed by atoms with van der Waals surface area (Å²) in [5.41, 5.74) is 0. The second-order valence-corrected chi connectivity index (χ2v) is 3.83. The Balaban J connectivity index is 2.11. The second-order valence-electron chi connectivity index (χ2n) is 3.05. The molecule has 2 rings (SSSR count). The molecule has 16 heavy (non-hydrogen) atoms. The maximum absolute atomic E-state index is 10.4. The number of carbonyl (C=O) groups is 1. The van der Waals surface area contributed by atoms with E-state index >= 15 is 0 Å². The molecular weight excluding hydrogens is 228 g/mol. The van der Waals surface area contributed by atoms with Gasteiger partial charge in [-0.05, 0) is 6.07 Å². The summed E-state index contributed by atoms with van der Waals surface area (Å²) in [5, 5.41) is 8.54. The molecule has 0 radical (unpaired) electrons. The summed E-state index contributed by atoms with van der Waals surface area (Å²) in [6.45, 7) is 0.360. The molecule has 0 atom stereocenters. The molecule has 0 fully saturated rings. The third-order valence-electron chi connectivity index (χ3n) is 1.85. The SMILES string of the molecule is O=C(O)CC[n+]1cc(-c2ncccn2)sn1. The van der Waals surface area contributed by atoms with E-state index in [0.29, 0.717) is 12.4 Å². The summed E-state index contributed by atoms with van der Waals surface area (Å²) in [7, 11) is 0. The molecule has 2 aromatic rings. The molecule has 0 saturated carbocycles. The standard InChI is InChI=1S/C9H8N4O2S/c14-8(15)2-5-13-6-7(16-12-13)9-10-3-1-4-11-9/h1,3-4,6H,2,5H2/p+1. The van der Waals surface area contributed by atoms with Gasteiger partial charge in [0.15, 0.2) is 17.2 Å². The van der Waals surface area contributed by atoms with Gasteiger partial charge in [-0.2, -0.15) is 0 Å². The normalized spacial score (nSPS) is 10.2. The fourth-order valence-corrected chi connectivity index (χ4v) is 1.80. The highest BCUT2D eigenvalue weighted by Gasteiger charge is 2.14. The minimum absolute atomic E-state index is 0.0590. The maximum atomic E-state index is 10.4. The highest BCUT2D eigenvalue weighted by Crippen LogP contribution is 2.14. The Kier molecular flexibility index (Phi) is 3.16. The van der Waals surface area contributed by atoms with E-state index in [0.717, 1.165) is 4.88 Å². The first-order valence-electron chi connectivity index (χ1n) is 4.61. The number of hydrogen-bond acceptors (Lipinski definition) is 5. The first kappa shape index (κ1) is 10.6. The lowest BCUT2D eigenvalue weighted by Gasteiger charge is -1.88. The van der Waals surface area contributed by atoms with E-state index < -0.39 is 5.97 Å². The Labute approximate surface area is 95.4 Å². The predicted octanol–water partition coefficient (Wildman–Crippen LogP) is 0.362. The smallest absolute Gasteiger partial charge is 0.309 e. The fraction of sp³-hybridized carbons (Fsp3) is 0.222. The Morgan fingerprint density at radius 1 is 1.44 bits per heavy atom. The van der Waals surface area contributed by atoms with Crippen molar-refractivity contribution in [1.29, 1.82) is 0 Å². The molecule has 0 amide bonds. The molecule has 0 spiro atoms. The van der Waals surface area contributed by atoms with Crippen molar-refractivity contribution < 1.29 is 14.6 Å². The Morgan fingerprint density at radius 2 is 2.19 bits per heavy atom. The number of hydrogen-bond donors (Lipinski definition) is 1. The van der Waals surface area contributed by atoms with Crippen LogP contribution in [0.15, 0.2) is 24.7 Å². The Hall–Kier alpha value is -1.89. The van der Waals surface area contributed by atoms with Gasteiger partial charge in [-0.15, -0.1) is 0 Å². The third-order valence-corrected chi connectivity index (χ3v) is 2.63. The quantitative estimate of drug-likeness (QED) is 0.777. The van der Waals surface area contributed by atoms with Crippen molar-refractivity contribution in [2.75, 3.05) is 0 Å². The van der Waals surface area contributed by atoms with Crippen LogP contribution < -0.4 is 4.68 Å². The van der Waals surface area contributed by atoms with Crippen molar-refractivity contribution in [1.82, 2.24) is 14.5 Å². The van der Waals surface area contributed by atoms with Gasteiger partial charge in [0.25, 0.3) is 0 Å². The first-order valence-corrected chi connectivity index (χ1v) is 5.38. The predicted molar refractivity (Wildman–Crippen MR) is 55.6 cm³/mol. The van der Waals surface area contributed by atoms with Crippen molar-refractivity contribution in [3.63, 3.8) is 0 Å². The van der Waals surface area contributed by atoms with Crippen LogP contribution >= 0.6 is 11.5 Å². The van der Waals surface area contributed by atoms with Crippen LogP contribution in [-0.2, 0) is 11.3 Å². The molecule has 2 heterocycles. The van der Waals surface area contributed by atoms with Gasteiger partial charge in [0.1, 0.15) is 6.42 Å². The summed E-state index contributed by atoms with van der Waals surface area (Å²) < 4.78 is 5.67.